The lowest BCUT2D eigenvalue weighted by atomic mass is 9.99. The van der Waals surface area contributed by atoms with Gasteiger partial charge in [-0.25, -0.2) is 17.7 Å². The normalized spacial score (nSPS) is 15.9. The van der Waals surface area contributed by atoms with Crippen LogP contribution in [0.3, 0.4) is 0 Å². The van der Waals surface area contributed by atoms with Gasteiger partial charge in [-0.05, 0) is 72.4 Å². The van der Waals surface area contributed by atoms with Crippen LogP contribution in [0.15, 0.2) is 128 Å². The van der Waals surface area contributed by atoms with E-state index in [-0.39, 0.29) is 16.7 Å². The molecule has 0 bridgehead atoms. The van der Waals surface area contributed by atoms with Crippen LogP contribution < -0.4 is 33.2 Å². The molecule has 6 aromatic rings. The van der Waals surface area contributed by atoms with Gasteiger partial charge in [-0.3, -0.25) is 42.9 Å². The highest BCUT2D eigenvalue weighted by Gasteiger charge is 2.46. The number of hydrogen-bond acceptors (Lipinski definition) is 13. The van der Waals surface area contributed by atoms with E-state index in [1.165, 1.54) is 91.4 Å². The van der Waals surface area contributed by atoms with Crippen molar-refractivity contribution in [1.82, 2.24) is 30.9 Å². The molecule has 26 heteroatoms. The first-order chi connectivity index (χ1) is 38.0. The Morgan fingerprint density at radius 2 is 0.650 bits per heavy atom. The molecule has 3 amide bonds. The zero-order valence-corrected chi connectivity index (χ0v) is 43.8. The summed E-state index contributed by atoms with van der Waals surface area (Å²) in [6.45, 7) is -0.236. The second kappa shape index (κ2) is 28.3. The van der Waals surface area contributed by atoms with E-state index in [2.05, 4.69) is 15.0 Å². The van der Waals surface area contributed by atoms with E-state index in [1.807, 2.05) is 0 Å². The molecule has 6 rings (SSSR count). The number of hydrogen-bond donors (Lipinski definition) is 6. The zero-order chi connectivity index (χ0) is 58.4. The summed E-state index contributed by atoms with van der Waals surface area (Å²) in [6, 6.07) is 17.5. The van der Waals surface area contributed by atoms with Crippen LogP contribution in [0.5, 0.6) is 0 Å². The standard InChI is InChI=1S/C54H57F9N9O7P/c1-28(64)40-19-16-37(25-67-40)31-4-10-34(11-5-31)46(43(22-55)70-52(73)49(58)59)77-80(76,78-47(44(23-56)71-53(74)50(60)61)35-12-6-32(7-13-35)38-17-20-41(29(2)65)68-26-38)79-48(45(24-57)72-54(75)51(62)63)36-14-8-33(9-15-36)39-18-21-42(30(3)66)69-27-39/h4-21,25-30,43-51H,22-24,64-66H2,1-3H3,(H,70,73)(H,71,74)(H,72,75). The van der Waals surface area contributed by atoms with Crippen LogP contribution in [-0.2, 0) is 32.5 Å². The molecule has 16 nitrogen and oxygen atoms in total. The van der Waals surface area contributed by atoms with Gasteiger partial charge in [0, 0.05) is 53.4 Å². The lowest BCUT2D eigenvalue weighted by Crippen LogP contribution is -2.46. The highest BCUT2D eigenvalue weighted by atomic mass is 31.2. The highest BCUT2D eigenvalue weighted by Crippen LogP contribution is 2.60. The summed E-state index contributed by atoms with van der Waals surface area (Å²) in [4.78, 5) is 50.9. The Hall–Kier alpha value is -7.12. The summed E-state index contributed by atoms with van der Waals surface area (Å²) in [6.07, 6.45) is -13.8. The number of halogens is 9. The third-order valence-electron chi connectivity index (χ3n) is 12.4. The molecular weight excluding hydrogens is 1090 g/mol. The third kappa shape index (κ3) is 16.3. The topological polar surface area (TPSA) is 249 Å². The molecule has 80 heavy (non-hydrogen) atoms. The number of nitrogens with one attached hydrogen (secondary N) is 3. The number of aromatic nitrogens is 3. The van der Waals surface area contributed by atoms with Gasteiger partial charge in [0.05, 0.1) is 35.2 Å². The first kappa shape index (κ1) is 62.1. The number of amides is 3. The number of nitrogens with zero attached hydrogens (tertiary/aromatic N) is 3. The maximum atomic E-state index is 16.1. The summed E-state index contributed by atoms with van der Waals surface area (Å²) < 4.78 is 165. The van der Waals surface area contributed by atoms with Crippen molar-refractivity contribution in [2.45, 2.75) is 94.6 Å². The van der Waals surface area contributed by atoms with E-state index in [4.69, 9.17) is 30.8 Å². The van der Waals surface area contributed by atoms with Gasteiger partial charge in [-0.15, -0.1) is 0 Å². The van der Waals surface area contributed by atoms with Crippen molar-refractivity contribution < 1.29 is 72.0 Å². The van der Waals surface area contributed by atoms with Gasteiger partial charge < -0.3 is 33.2 Å². The molecule has 0 fully saturated rings. The molecule has 3 heterocycles. The maximum Gasteiger partial charge on any atom is 0.476 e. The van der Waals surface area contributed by atoms with Gasteiger partial charge in [0.1, 0.15) is 38.3 Å². The quantitative estimate of drug-likeness (QED) is 0.0208. The van der Waals surface area contributed by atoms with Crippen LogP contribution in [-0.4, -0.2) is 90.1 Å². The minimum absolute atomic E-state index is 0.270. The third-order valence-corrected chi connectivity index (χ3v) is 13.8. The Morgan fingerprint density at radius 3 is 0.825 bits per heavy atom. The number of rotatable bonds is 27. The molecule has 0 radical (unpaired) electrons. The molecule has 0 aliphatic carbocycles. The molecule has 428 valence electrons. The molecule has 0 saturated heterocycles. The van der Waals surface area contributed by atoms with Crippen LogP contribution in [0.1, 0.15) is 91.0 Å². The van der Waals surface area contributed by atoms with E-state index in [0.29, 0.717) is 50.5 Å². The van der Waals surface area contributed by atoms with Crippen molar-refractivity contribution in [3.8, 4) is 33.4 Å². The predicted octanol–water partition coefficient (Wildman–Crippen LogP) is 9.77. The SMILES string of the molecule is CC(N)c1ccc(-c2ccc(C(OP(=O)(OC(c3ccc(-c4ccc(C(C)N)nc4)cc3)C(CF)NC(=O)C(F)F)OC(c3ccc(-c4ccc(C(C)N)nc4)cc3)C(CF)NC(=O)C(F)F)C(CF)NC(=O)C(F)F)cc2)cn1. The number of benzene rings is 3. The fourth-order valence-electron chi connectivity index (χ4n) is 8.05. The van der Waals surface area contributed by atoms with E-state index in [9.17, 15) is 40.7 Å². The van der Waals surface area contributed by atoms with E-state index in [0.717, 1.165) is 0 Å². The molecule has 9 unspecified atom stereocenters. The zero-order valence-electron chi connectivity index (χ0n) is 43.0. The number of alkyl halides is 9. The lowest BCUT2D eigenvalue weighted by molar-refractivity contribution is -0.133. The predicted molar refractivity (Wildman–Crippen MR) is 278 cm³/mol. The van der Waals surface area contributed by atoms with Crippen molar-refractivity contribution in [3.05, 3.63) is 162 Å². The Kier molecular flexibility index (Phi) is 22.0. The van der Waals surface area contributed by atoms with Crippen LogP contribution in [0.2, 0.25) is 0 Å². The Labute approximate surface area is 454 Å². The Bertz CT molecular complexity index is 2690. The highest BCUT2D eigenvalue weighted by molar-refractivity contribution is 7.48. The van der Waals surface area contributed by atoms with Crippen molar-refractivity contribution >= 4 is 25.5 Å². The molecule has 0 aliphatic heterocycles. The molecule has 0 aliphatic rings. The van der Waals surface area contributed by atoms with Crippen LogP contribution in [0.25, 0.3) is 33.4 Å². The van der Waals surface area contributed by atoms with E-state index < -0.39 is 119 Å². The number of phosphoric acid groups is 1. The Balaban J connectivity index is 1.57. The average Bonchev–Trinajstić information content (AvgIpc) is 3.52. The number of carbonyl (C=O) groups is 3. The molecule has 9 N–H and O–H groups in total. The minimum atomic E-state index is -6.12. The van der Waals surface area contributed by atoms with Gasteiger partial charge in [0.2, 0.25) is 0 Å². The second-order valence-electron chi connectivity index (χ2n) is 18.4. The summed E-state index contributed by atoms with van der Waals surface area (Å²) in [5.41, 5.74) is 21.4. The van der Waals surface area contributed by atoms with Gasteiger partial charge in [-0.2, -0.15) is 26.3 Å². The number of phosphoric ester groups is 1. The van der Waals surface area contributed by atoms with E-state index >= 15 is 17.7 Å². The Morgan fingerprint density at radius 1 is 0.425 bits per heavy atom. The fourth-order valence-corrected chi connectivity index (χ4v) is 9.84. The van der Waals surface area contributed by atoms with Crippen LogP contribution >= 0.6 is 7.82 Å². The number of nitrogens with two attached hydrogens (primary N) is 3. The second-order valence-corrected chi connectivity index (χ2v) is 19.9. The smallest absolute Gasteiger partial charge is 0.343 e. The summed E-state index contributed by atoms with van der Waals surface area (Å²) in [5, 5.41) is 5.28. The average molecular weight is 1150 g/mol. The van der Waals surface area contributed by atoms with Crippen molar-refractivity contribution in [3.63, 3.8) is 0 Å². The molecule has 0 spiro atoms. The molecule has 3 aromatic carbocycles. The molecule has 0 saturated carbocycles. The maximum absolute atomic E-state index is 16.1. The lowest BCUT2D eigenvalue weighted by Gasteiger charge is -2.36. The summed E-state index contributed by atoms with van der Waals surface area (Å²) in [7, 11) is -6.12. The van der Waals surface area contributed by atoms with Gasteiger partial charge in [0.15, 0.2) is 0 Å². The first-order valence-corrected chi connectivity index (χ1v) is 26.0. The van der Waals surface area contributed by atoms with Crippen molar-refractivity contribution in [2.75, 3.05) is 20.0 Å². The van der Waals surface area contributed by atoms with Crippen LogP contribution in [0, 0.1) is 0 Å². The molecule has 3 aromatic heterocycles. The molecule has 9 atom stereocenters. The monoisotopic (exact) mass is 1150 g/mol. The van der Waals surface area contributed by atoms with E-state index in [1.54, 1.807) is 73.1 Å². The largest absolute Gasteiger partial charge is 0.476 e. The molecular formula is C54H57F9N9O7P. The van der Waals surface area contributed by atoms with Gasteiger partial charge in [-0.1, -0.05) is 91.0 Å². The number of carbonyl (C=O) groups excluding carboxylic acids is 3. The minimum Gasteiger partial charge on any atom is -0.343 e. The van der Waals surface area contributed by atoms with Crippen LogP contribution in [0.4, 0.5) is 39.5 Å². The summed E-state index contributed by atoms with van der Waals surface area (Å²) >= 11 is 0. The fraction of sp³-hybridized carbons (Fsp3) is 0.333. The summed E-state index contributed by atoms with van der Waals surface area (Å²) in [5.74, 6) is -6.18. The van der Waals surface area contributed by atoms with Crippen molar-refractivity contribution in [2.24, 2.45) is 17.2 Å². The number of pyridine rings is 3. The van der Waals surface area contributed by atoms with Gasteiger partial charge >= 0.3 is 27.1 Å². The van der Waals surface area contributed by atoms with Crippen molar-refractivity contribution in [1.29, 1.82) is 0 Å². The first-order valence-electron chi connectivity index (χ1n) is 24.6. The van der Waals surface area contributed by atoms with Gasteiger partial charge in [0.25, 0.3) is 17.7 Å².